The van der Waals surface area contributed by atoms with Gasteiger partial charge in [0.2, 0.25) is 5.88 Å². The molecule has 156 valence electrons. The molecule has 6 heteroatoms. The molecule has 0 aliphatic carbocycles. The Morgan fingerprint density at radius 1 is 1.07 bits per heavy atom. The standard InChI is InChI=1S/C24H29N5O/c1-6-19-22(18-12-13-20(15(2)3)28-24(18)30-5)29-21(16(4)25)23(27-19)26-14-17-10-8-7-9-11-17/h7-13,15,25H,6,14H2,1-5H3,(H,26,27). The summed E-state index contributed by atoms with van der Waals surface area (Å²) < 4.78 is 5.58. The second kappa shape index (κ2) is 9.48. The van der Waals surface area contributed by atoms with Gasteiger partial charge in [0, 0.05) is 12.2 Å². The van der Waals surface area contributed by atoms with Gasteiger partial charge in [0.05, 0.1) is 29.8 Å². The monoisotopic (exact) mass is 403 g/mol. The van der Waals surface area contributed by atoms with Gasteiger partial charge in [-0.3, -0.25) is 0 Å². The fraction of sp³-hybridized carbons (Fsp3) is 0.333. The summed E-state index contributed by atoms with van der Waals surface area (Å²) >= 11 is 0. The van der Waals surface area contributed by atoms with Crippen LogP contribution in [0.2, 0.25) is 0 Å². The maximum atomic E-state index is 8.25. The van der Waals surface area contributed by atoms with Gasteiger partial charge in [0.15, 0.2) is 5.82 Å². The third kappa shape index (κ3) is 4.64. The second-order valence-electron chi connectivity index (χ2n) is 7.48. The molecule has 3 aromatic rings. The third-order valence-electron chi connectivity index (χ3n) is 4.88. The molecule has 2 heterocycles. The smallest absolute Gasteiger partial charge is 0.222 e. The van der Waals surface area contributed by atoms with Crippen LogP contribution >= 0.6 is 0 Å². The Morgan fingerprint density at radius 2 is 1.80 bits per heavy atom. The number of rotatable bonds is 8. The van der Waals surface area contributed by atoms with Crippen LogP contribution in [-0.2, 0) is 13.0 Å². The molecule has 0 saturated carbocycles. The normalized spacial score (nSPS) is 10.9. The highest BCUT2D eigenvalue weighted by Crippen LogP contribution is 2.32. The number of aromatic nitrogens is 3. The van der Waals surface area contributed by atoms with Gasteiger partial charge in [-0.2, -0.15) is 0 Å². The van der Waals surface area contributed by atoms with Gasteiger partial charge in [0.1, 0.15) is 5.69 Å². The van der Waals surface area contributed by atoms with E-state index in [0.29, 0.717) is 47.7 Å². The van der Waals surface area contributed by atoms with E-state index in [1.807, 2.05) is 37.3 Å². The van der Waals surface area contributed by atoms with Gasteiger partial charge in [0.25, 0.3) is 0 Å². The minimum Gasteiger partial charge on any atom is -0.480 e. The Kier molecular flexibility index (Phi) is 6.77. The minimum absolute atomic E-state index is 0.300. The fourth-order valence-corrected chi connectivity index (χ4v) is 3.21. The predicted molar refractivity (Wildman–Crippen MR) is 122 cm³/mol. The van der Waals surface area contributed by atoms with Crippen molar-refractivity contribution in [2.24, 2.45) is 0 Å². The van der Waals surface area contributed by atoms with Crippen molar-refractivity contribution in [3.05, 3.63) is 65.1 Å². The van der Waals surface area contributed by atoms with Crippen molar-refractivity contribution >= 4 is 11.5 Å². The summed E-state index contributed by atoms with van der Waals surface area (Å²) in [5.41, 5.74) is 5.34. The molecule has 0 amide bonds. The Labute approximate surface area is 178 Å². The Morgan fingerprint density at radius 3 is 2.40 bits per heavy atom. The summed E-state index contributed by atoms with van der Waals surface area (Å²) in [5, 5.41) is 11.6. The number of hydrogen-bond donors (Lipinski definition) is 2. The van der Waals surface area contributed by atoms with Crippen LogP contribution in [0.4, 0.5) is 5.82 Å². The number of anilines is 1. The summed E-state index contributed by atoms with van der Waals surface area (Å²) in [5.74, 6) is 1.45. The lowest BCUT2D eigenvalue weighted by Crippen LogP contribution is -2.13. The van der Waals surface area contributed by atoms with Crippen molar-refractivity contribution < 1.29 is 4.74 Å². The number of nitrogens with zero attached hydrogens (tertiary/aromatic N) is 3. The fourth-order valence-electron chi connectivity index (χ4n) is 3.21. The van der Waals surface area contributed by atoms with Crippen LogP contribution in [-0.4, -0.2) is 27.8 Å². The summed E-state index contributed by atoms with van der Waals surface area (Å²) in [6, 6.07) is 14.1. The summed E-state index contributed by atoms with van der Waals surface area (Å²) in [6.45, 7) is 8.59. The molecule has 30 heavy (non-hydrogen) atoms. The number of ether oxygens (including phenoxy) is 1. The van der Waals surface area contributed by atoms with Crippen molar-refractivity contribution in [2.75, 3.05) is 12.4 Å². The zero-order chi connectivity index (χ0) is 21.7. The molecule has 2 aromatic heterocycles. The summed E-state index contributed by atoms with van der Waals surface area (Å²) in [4.78, 5) is 14.3. The maximum absolute atomic E-state index is 8.25. The molecule has 0 aliphatic heterocycles. The zero-order valence-electron chi connectivity index (χ0n) is 18.3. The number of methoxy groups -OCH3 is 1. The van der Waals surface area contributed by atoms with E-state index < -0.39 is 0 Å². The van der Waals surface area contributed by atoms with Crippen LogP contribution in [0.15, 0.2) is 42.5 Å². The van der Waals surface area contributed by atoms with Crippen molar-refractivity contribution in [3.63, 3.8) is 0 Å². The van der Waals surface area contributed by atoms with E-state index in [1.54, 1.807) is 14.0 Å². The Hall–Kier alpha value is -3.28. The number of pyridine rings is 1. The van der Waals surface area contributed by atoms with Gasteiger partial charge in [-0.25, -0.2) is 15.0 Å². The van der Waals surface area contributed by atoms with Crippen molar-refractivity contribution in [1.82, 2.24) is 15.0 Å². The van der Waals surface area contributed by atoms with E-state index >= 15 is 0 Å². The van der Waals surface area contributed by atoms with Crippen LogP contribution in [0, 0.1) is 5.41 Å². The lowest BCUT2D eigenvalue weighted by atomic mass is 10.0. The second-order valence-corrected chi connectivity index (χ2v) is 7.48. The van der Waals surface area contributed by atoms with E-state index in [9.17, 15) is 0 Å². The number of aryl methyl sites for hydroxylation is 1. The van der Waals surface area contributed by atoms with Crippen molar-refractivity contribution in [1.29, 1.82) is 5.41 Å². The van der Waals surface area contributed by atoms with Crippen LogP contribution in [0.3, 0.4) is 0 Å². The molecule has 1 aromatic carbocycles. The van der Waals surface area contributed by atoms with Crippen LogP contribution < -0.4 is 10.1 Å². The molecule has 3 rings (SSSR count). The Bertz CT molecular complexity index is 1030. The van der Waals surface area contributed by atoms with E-state index in [4.69, 9.17) is 20.1 Å². The lowest BCUT2D eigenvalue weighted by Gasteiger charge is -2.17. The predicted octanol–water partition coefficient (Wildman–Crippen LogP) is 5.23. The van der Waals surface area contributed by atoms with Crippen LogP contribution in [0.5, 0.6) is 5.88 Å². The first kappa shape index (κ1) is 21.4. The average Bonchev–Trinajstić information content (AvgIpc) is 2.77. The highest BCUT2D eigenvalue weighted by atomic mass is 16.5. The molecule has 0 spiro atoms. The summed E-state index contributed by atoms with van der Waals surface area (Å²) in [6.07, 6.45) is 0.703. The topological polar surface area (TPSA) is 83.8 Å². The van der Waals surface area contributed by atoms with Gasteiger partial charge in [-0.1, -0.05) is 51.1 Å². The van der Waals surface area contributed by atoms with E-state index in [0.717, 1.165) is 22.5 Å². The maximum Gasteiger partial charge on any atom is 0.222 e. The summed E-state index contributed by atoms with van der Waals surface area (Å²) in [7, 11) is 1.62. The molecular weight excluding hydrogens is 374 g/mol. The average molecular weight is 404 g/mol. The Balaban J connectivity index is 2.06. The number of nitrogens with one attached hydrogen (secondary N) is 2. The largest absolute Gasteiger partial charge is 0.480 e. The molecule has 0 atom stereocenters. The number of benzene rings is 1. The molecule has 0 radical (unpaired) electrons. The molecule has 0 aliphatic rings. The zero-order valence-corrected chi connectivity index (χ0v) is 18.3. The highest BCUT2D eigenvalue weighted by molar-refractivity contribution is 5.99. The number of hydrogen-bond acceptors (Lipinski definition) is 6. The van der Waals surface area contributed by atoms with Crippen LogP contribution in [0.1, 0.15) is 56.3 Å². The van der Waals surface area contributed by atoms with E-state index in [1.165, 1.54) is 0 Å². The lowest BCUT2D eigenvalue weighted by molar-refractivity contribution is 0.397. The molecular formula is C24H29N5O. The van der Waals surface area contributed by atoms with E-state index in [-0.39, 0.29) is 0 Å². The van der Waals surface area contributed by atoms with Gasteiger partial charge in [-0.15, -0.1) is 0 Å². The molecule has 0 fully saturated rings. The van der Waals surface area contributed by atoms with Gasteiger partial charge >= 0.3 is 0 Å². The quantitative estimate of drug-likeness (QED) is 0.503. The van der Waals surface area contributed by atoms with Crippen molar-refractivity contribution in [2.45, 2.75) is 46.6 Å². The minimum atomic E-state index is 0.300. The van der Waals surface area contributed by atoms with Crippen molar-refractivity contribution in [3.8, 4) is 17.1 Å². The highest BCUT2D eigenvalue weighted by Gasteiger charge is 2.20. The first-order chi connectivity index (χ1) is 14.4. The SMILES string of the molecule is CCc1nc(NCc2ccccc2)c(C(C)=N)nc1-c1ccc(C(C)C)nc1OC. The molecule has 0 unspecified atom stereocenters. The van der Waals surface area contributed by atoms with E-state index in [2.05, 4.69) is 36.3 Å². The molecule has 0 saturated heterocycles. The first-order valence-electron chi connectivity index (χ1n) is 10.2. The van der Waals surface area contributed by atoms with Gasteiger partial charge < -0.3 is 15.5 Å². The molecule has 2 N–H and O–H groups in total. The molecule has 6 nitrogen and oxygen atoms in total. The third-order valence-corrected chi connectivity index (χ3v) is 4.88. The first-order valence-corrected chi connectivity index (χ1v) is 10.2. The molecule has 0 bridgehead atoms. The van der Waals surface area contributed by atoms with Crippen LogP contribution in [0.25, 0.3) is 11.3 Å². The van der Waals surface area contributed by atoms with Gasteiger partial charge in [-0.05, 0) is 37.0 Å².